The van der Waals surface area contributed by atoms with Crippen molar-refractivity contribution >= 4 is 17.3 Å². The first kappa shape index (κ1) is 12.2. The van der Waals surface area contributed by atoms with E-state index >= 15 is 0 Å². The summed E-state index contributed by atoms with van der Waals surface area (Å²) in [5.41, 5.74) is 0.189. The molecule has 0 amide bonds. The fraction of sp³-hybridized carbons (Fsp3) is 0.455. The van der Waals surface area contributed by atoms with E-state index in [1.54, 1.807) is 0 Å². The van der Waals surface area contributed by atoms with Gasteiger partial charge in [-0.05, 0) is 12.5 Å². The maximum atomic E-state index is 13.2. The van der Waals surface area contributed by atoms with Crippen LogP contribution in [0.25, 0.3) is 0 Å². The van der Waals surface area contributed by atoms with Gasteiger partial charge in [0.1, 0.15) is 5.82 Å². The van der Waals surface area contributed by atoms with Crippen LogP contribution in [0.5, 0.6) is 0 Å². The van der Waals surface area contributed by atoms with E-state index in [1.807, 2.05) is 0 Å². The van der Waals surface area contributed by atoms with E-state index in [1.165, 1.54) is 0 Å². The Labute approximate surface area is 93.4 Å². The molecule has 15 heavy (non-hydrogen) atoms. The molecule has 0 radical (unpaired) electrons. The van der Waals surface area contributed by atoms with Crippen molar-refractivity contribution in [1.29, 1.82) is 0 Å². The lowest BCUT2D eigenvalue weighted by Crippen LogP contribution is -2.04. The quantitative estimate of drug-likeness (QED) is 0.751. The van der Waals surface area contributed by atoms with Crippen LogP contribution < -0.4 is 5.32 Å². The van der Waals surface area contributed by atoms with Gasteiger partial charge in [0, 0.05) is 12.6 Å². The second-order valence-electron chi connectivity index (χ2n) is 3.38. The Morgan fingerprint density at radius 3 is 2.60 bits per heavy atom. The molecule has 0 aromatic heterocycles. The normalized spacial score (nSPS) is 10.4. The number of nitrogens with one attached hydrogen (secondary N) is 1. The van der Waals surface area contributed by atoms with Crippen LogP contribution in [-0.2, 0) is 0 Å². The van der Waals surface area contributed by atoms with Crippen molar-refractivity contribution in [2.24, 2.45) is 0 Å². The van der Waals surface area contributed by atoms with Gasteiger partial charge in [-0.2, -0.15) is 0 Å². The third-order valence-electron chi connectivity index (χ3n) is 2.09. The fourth-order valence-electron chi connectivity index (χ4n) is 1.30. The Morgan fingerprint density at radius 2 is 2.00 bits per heavy atom. The molecular weight excluding hydrogens is 220 g/mol. The summed E-state index contributed by atoms with van der Waals surface area (Å²) in [5.74, 6) is -1.30. The minimum absolute atomic E-state index is 0.0870. The number of hydrogen-bond acceptors (Lipinski definition) is 1. The molecule has 0 aliphatic carbocycles. The monoisotopic (exact) mass is 233 g/mol. The zero-order valence-corrected chi connectivity index (χ0v) is 9.37. The summed E-state index contributed by atoms with van der Waals surface area (Å²) in [7, 11) is 0. The average Bonchev–Trinajstić information content (AvgIpc) is 2.15. The van der Waals surface area contributed by atoms with Gasteiger partial charge in [0.15, 0.2) is 5.82 Å². The van der Waals surface area contributed by atoms with Crippen LogP contribution in [0, 0.1) is 11.6 Å². The fourth-order valence-corrected chi connectivity index (χ4v) is 1.56. The van der Waals surface area contributed by atoms with E-state index in [4.69, 9.17) is 11.6 Å². The maximum absolute atomic E-state index is 13.2. The predicted octanol–water partition coefficient (Wildman–Crippen LogP) is 4.22. The predicted molar refractivity (Wildman–Crippen MR) is 59.4 cm³/mol. The van der Waals surface area contributed by atoms with Crippen LogP contribution in [0.3, 0.4) is 0 Å². The highest BCUT2D eigenvalue weighted by atomic mass is 35.5. The molecule has 0 saturated heterocycles. The molecule has 0 bridgehead atoms. The molecule has 1 aromatic rings. The van der Waals surface area contributed by atoms with E-state index < -0.39 is 11.6 Å². The van der Waals surface area contributed by atoms with Gasteiger partial charge in [0.25, 0.3) is 0 Å². The van der Waals surface area contributed by atoms with Gasteiger partial charge in [0.05, 0.1) is 10.7 Å². The SMILES string of the molecule is CCCCCNc1c(F)cc(F)cc1Cl. The summed E-state index contributed by atoms with van der Waals surface area (Å²) < 4.78 is 25.9. The van der Waals surface area contributed by atoms with Gasteiger partial charge in [0.2, 0.25) is 0 Å². The van der Waals surface area contributed by atoms with Gasteiger partial charge in [-0.15, -0.1) is 0 Å². The van der Waals surface area contributed by atoms with Gasteiger partial charge in [-0.3, -0.25) is 0 Å². The molecule has 0 aliphatic rings. The van der Waals surface area contributed by atoms with Crippen LogP contribution in [0.4, 0.5) is 14.5 Å². The zero-order chi connectivity index (χ0) is 11.3. The highest BCUT2D eigenvalue weighted by molar-refractivity contribution is 6.33. The van der Waals surface area contributed by atoms with E-state index in [9.17, 15) is 8.78 Å². The molecule has 1 N–H and O–H groups in total. The Balaban J connectivity index is 2.60. The van der Waals surface area contributed by atoms with E-state index in [2.05, 4.69) is 12.2 Å². The highest BCUT2D eigenvalue weighted by Crippen LogP contribution is 2.26. The molecule has 0 heterocycles. The first-order valence-corrected chi connectivity index (χ1v) is 5.41. The molecule has 0 unspecified atom stereocenters. The molecule has 1 rings (SSSR count). The largest absolute Gasteiger partial charge is 0.381 e. The Kier molecular flexibility index (Phi) is 4.82. The van der Waals surface area contributed by atoms with Crippen molar-refractivity contribution in [1.82, 2.24) is 0 Å². The lowest BCUT2D eigenvalue weighted by molar-refractivity contribution is 0.584. The van der Waals surface area contributed by atoms with Crippen LogP contribution in [0.1, 0.15) is 26.2 Å². The number of anilines is 1. The molecule has 4 heteroatoms. The molecule has 0 fully saturated rings. The van der Waals surface area contributed by atoms with E-state index in [0.29, 0.717) is 6.54 Å². The molecule has 0 aliphatic heterocycles. The number of unbranched alkanes of at least 4 members (excludes halogenated alkanes) is 2. The van der Waals surface area contributed by atoms with Gasteiger partial charge >= 0.3 is 0 Å². The summed E-state index contributed by atoms with van der Waals surface area (Å²) in [6, 6.07) is 1.93. The van der Waals surface area contributed by atoms with Gasteiger partial charge in [-0.25, -0.2) is 8.78 Å². The Hall–Kier alpha value is -0.830. The lowest BCUT2D eigenvalue weighted by atomic mass is 10.2. The molecule has 0 saturated carbocycles. The van der Waals surface area contributed by atoms with E-state index in [0.717, 1.165) is 31.4 Å². The second-order valence-corrected chi connectivity index (χ2v) is 3.79. The molecule has 1 nitrogen and oxygen atoms in total. The third kappa shape index (κ3) is 3.67. The first-order chi connectivity index (χ1) is 7.15. The topological polar surface area (TPSA) is 12.0 Å². The van der Waals surface area contributed by atoms with Crippen molar-refractivity contribution in [2.75, 3.05) is 11.9 Å². The summed E-state index contributed by atoms with van der Waals surface area (Å²) in [4.78, 5) is 0. The Bertz CT molecular complexity index is 305. The standard InChI is InChI=1S/C11H14ClF2N/c1-2-3-4-5-15-11-9(12)6-8(13)7-10(11)14/h6-7,15H,2-5H2,1H3. The van der Waals surface area contributed by atoms with Crippen LogP contribution in [-0.4, -0.2) is 6.54 Å². The van der Waals surface area contributed by atoms with Crippen molar-refractivity contribution in [3.8, 4) is 0 Å². The Morgan fingerprint density at radius 1 is 1.27 bits per heavy atom. The molecule has 1 aromatic carbocycles. The van der Waals surface area contributed by atoms with Crippen LogP contribution >= 0.6 is 11.6 Å². The maximum Gasteiger partial charge on any atom is 0.150 e. The van der Waals surface area contributed by atoms with Crippen molar-refractivity contribution in [2.45, 2.75) is 26.2 Å². The lowest BCUT2D eigenvalue weighted by Gasteiger charge is -2.09. The summed E-state index contributed by atoms with van der Waals surface area (Å²) >= 11 is 5.71. The van der Waals surface area contributed by atoms with Crippen molar-refractivity contribution in [3.05, 3.63) is 28.8 Å². The number of benzene rings is 1. The number of halogens is 3. The van der Waals surface area contributed by atoms with Gasteiger partial charge in [-0.1, -0.05) is 31.4 Å². The summed E-state index contributed by atoms with van der Waals surface area (Å²) in [5, 5.41) is 2.96. The van der Waals surface area contributed by atoms with Crippen molar-refractivity contribution in [3.63, 3.8) is 0 Å². The minimum Gasteiger partial charge on any atom is -0.381 e. The van der Waals surface area contributed by atoms with Crippen LogP contribution in [0.15, 0.2) is 12.1 Å². The highest BCUT2D eigenvalue weighted by Gasteiger charge is 2.08. The second kappa shape index (κ2) is 5.91. The first-order valence-electron chi connectivity index (χ1n) is 5.03. The minimum atomic E-state index is -0.656. The van der Waals surface area contributed by atoms with Crippen molar-refractivity contribution < 1.29 is 8.78 Å². The molecule has 84 valence electrons. The molecule has 0 spiro atoms. The van der Waals surface area contributed by atoms with Gasteiger partial charge < -0.3 is 5.32 Å². The average molecular weight is 234 g/mol. The van der Waals surface area contributed by atoms with Crippen LogP contribution in [0.2, 0.25) is 5.02 Å². The molecular formula is C11H14ClF2N. The summed E-state index contributed by atoms with van der Waals surface area (Å²) in [6.45, 7) is 2.74. The molecule has 0 atom stereocenters. The zero-order valence-electron chi connectivity index (χ0n) is 8.62. The number of hydrogen-bond donors (Lipinski definition) is 1. The van der Waals surface area contributed by atoms with E-state index in [-0.39, 0.29) is 10.7 Å². The smallest absolute Gasteiger partial charge is 0.150 e. The third-order valence-corrected chi connectivity index (χ3v) is 2.39. The summed E-state index contributed by atoms with van der Waals surface area (Å²) in [6.07, 6.45) is 3.12. The number of rotatable bonds is 5.